The van der Waals surface area contributed by atoms with Gasteiger partial charge in [-0.2, -0.15) is 0 Å². The summed E-state index contributed by atoms with van der Waals surface area (Å²) >= 11 is 0. The third-order valence-electron chi connectivity index (χ3n) is 3.60. The fourth-order valence-electron chi connectivity index (χ4n) is 2.46. The molecule has 0 bridgehead atoms. The van der Waals surface area contributed by atoms with Crippen LogP contribution in [0.5, 0.6) is 0 Å². The van der Waals surface area contributed by atoms with Gasteiger partial charge in [-0.05, 0) is 36.4 Å². The molecule has 0 saturated heterocycles. The molecule has 2 heterocycles. The van der Waals surface area contributed by atoms with Crippen LogP contribution in [0.4, 0.5) is 5.69 Å². The predicted octanol–water partition coefficient (Wildman–Crippen LogP) is 1.69. The molecule has 8 heteroatoms. The van der Waals surface area contributed by atoms with Crippen molar-refractivity contribution in [3.63, 3.8) is 0 Å². The van der Waals surface area contributed by atoms with Gasteiger partial charge in [0.05, 0.1) is 11.0 Å². The van der Waals surface area contributed by atoms with Gasteiger partial charge in [0, 0.05) is 16.9 Å². The monoisotopic (exact) mass is 320 g/mol. The molecule has 0 aliphatic heterocycles. The second-order valence-electron chi connectivity index (χ2n) is 5.21. The number of imidazole rings is 1. The zero-order chi connectivity index (χ0) is 16.5. The highest BCUT2D eigenvalue weighted by Gasteiger charge is 2.09. The number of anilines is 1. The summed E-state index contributed by atoms with van der Waals surface area (Å²) in [5.74, 6) is -0.248. The van der Waals surface area contributed by atoms with Crippen LogP contribution in [0.15, 0.2) is 59.9 Å². The second-order valence-corrected chi connectivity index (χ2v) is 5.21. The molecule has 118 valence electrons. The Morgan fingerprint density at radius 3 is 2.62 bits per heavy atom. The van der Waals surface area contributed by atoms with E-state index in [0.29, 0.717) is 22.3 Å². The molecule has 3 N–H and O–H groups in total. The van der Waals surface area contributed by atoms with Crippen molar-refractivity contribution in [2.45, 2.75) is 0 Å². The van der Waals surface area contributed by atoms with Gasteiger partial charge >= 0.3 is 5.69 Å². The van der Waals surface area contributed by atoms with E-state index in [9.17, 15) is 9.59 Å². The Hall–Kier alpha value is -3.68. The molecule has 0 aliphatic carbocycles. The van der Waals surface area contributed by atoms with E-state index in [1.165, 1.54) is 0 Å². The quantitative estimate of drug-likeness (QED) is 0.533. The number of nitrogens with zero attached hydrogens (tertiary/aromatic N) is 3. The average Bonchev–Trinajstić information content (AvgIpc) is 3.23. The van der Waals surface area contributed by atoms with Gasteiger partial charge < -0.3 is 15.3 Å². The summed E-state index contributed by atoms with van der Waals surface area (Å²) in [5.41, 5.74) is 2.93. The Bertz CT molecular complexity index is 1080. The van der Waals surface area contributed by atoms with Crippen molar-refractivity contribution in [1.29, 1.82) is 0 Å². The molecule has 4 rings (SSSR count). The van der Waals surface area contributed by atoms with Gasteiger partial charge in [0.2, 0.25) is 0 Å². The van der Waals surface area contributed by atoms with Gasteiger partial charge in [0.15, 0.2) is 0 Å². The zero-order valence-corrected chi connectivity index (χ0v) is 12.4. The van der Waals surface area contributed by atoms with Crippen LogP contribution in [0, 0.1) is 0 Å². The van der Waals surface area contributed by atoms with Crippen LogP contribution < -0.4 is 11.0 Å². The average molecular weight is 320 g/mol. The third kappa shape index (κ3) is 2.56. The van der Waals surface area contributed by atoms with Crippen LogP contribution in [-0.2, 0) is 0 Å². The molecule has 1 amide bonds. The van der Waals surface area contributed by atoms with Crippen molar-refractivity contribution < 1.29 is 4.79 Å². The largest absolute Gasteiger partial charge is 0.323 e. The lowest BCUT2D eigenvalue weighted by Crippen LogP contribution is -2.12. The molecule has 0 aliphatic rings. The smallest absolute Gasteiger partial charge is 0.322 e. The molecular formula is C16H12N6O2. The number of nitrogens with one attached hydrogen (secondary N) is 3. The topological polar surface area (TPSA) is 108 Å². The highest BCUT2D eigenvalue weighted by molar-refractivity contribution is 6.05. The SMILES string of the molecule is O=C(Nc1ccc2[nH]c(=O)[nH]c2c1)c1cccc(-n2cnnc2)c1. The number of hydrogen-bond acceptors (Lipinski definition) is 4. The lowest BCUT2D eigenvalue weighted by molar-refractivity contribution is 0.102. The van der Waals surface area contributed by atoms with E-state index >= 15 is 0 Å². The number of carbonyl (C=O) groups excluding carboxylic acids is 1. The minimum absolute atomic E-state index is 0.248. The van der Waals surface area contributed by atoms with Crippen molar-refractivity contribution in [3.05, 3.63) is 71.2 Å². The first-order chi connectivity index (χ1) is 11.7. The molecule has 0 fully saturated rings. The molecule has 2 aromatic heterocycles. The zero-order valence-electron chi connectivity index (χ0n) is 12.4. The summed E-state index contributed by atoms with van der Waals surface area (Å²) in [5, 5.41) is 10.3. The van der Waals surface area contributed by atoms with Gasteiger partial charge in [-0.3, -0.25) is 9.36 Å². The number of fused-ring (bicyclic) bond motifs is 1. The highest BCUT2D eigenvalue weighted by Crippen LogP contribution is 2.16. The van der Waals surface area contributed by atoms with Gasteiger partial charge in [-0.25, -0.2) is 4.79 Å². The number of hydrogen-bond donors (Lipinski definition) is 3. The number of aromatic amines is 2. The molecule has 0 radical (unpaired) electrons. The minimum Gasteiger partial charge on any atom is -0.322 e. The normalized spacial score (nSPS) is 10.8. The third-order valence-corrected chi connectivity index (χ3v) is 3.60. The van der Waals surface area contributed by atoms with Crippen LogP contribution in [0.2, 0.25) is 0 Å². The van der Waals surface area contributed by atoms with Gasteiger partial charge in [-0.15, -0.1) is 10.2 Å². The van der Waals surface area contributed by atoms with Crippen molar-refractivity contribution in [1.82, 2.24) is 24.7 Å². The number of aromatic nitrogens is 5. The Kier molecular flexibility index (Phi) is 3.20. The van der Waals surface area contributed by atoms with Crippen LogP contribution in [0.3, 0.4) is 0 Å². The maximum Gasteiger partial charge on any atom is 0.323 e. The summed E-state index contributed by atoms with van der Waals surface area (Å²) in [4.78, 5) is 29.0. The maximum atomic E-state index is 12.4. The van der Waals surface area contributed by atoms with Gasteiger partial charge in [-0.1, -0.05) is 6.07 Å². The lowest BCUT2D eigenvalue weighted by atomic mass is 10.1. The van der Waals surface area contributed by atoms with Crippen molar-refractivity contribution in [3.8, 4) is 5.69 Å². The second kappa shape index (κ2) is 5.51. The molecule has 0 spiro atoms. The summed E-state index contributed by atoms with van der Waals surface area (Å²) in [6.07, 6.45) is 3.13. The van der Waals surface area contributed by atoms with Gasteiger partial charge in [0.1, 0.15) is 12.7 Å². The first kappa shape index (κ1) is 13.9. The summed E-state index contributed by atoms with van der Waals surface area (Å²) in [6, 6.07) is 12.3. The standard InChI is InChI=1S/C16H12N6O2/c23-15(10-2-1-3-12(6-10)22-8-17-18-9-22)19-11-4-5-13-14(7-11)21-16(24)20-13/h1-9H,(H,19,23)(H2,20,21,24). The number of carbonyl (C=O) groups is 1. The van der Waals surface area contributed by atoms with Crippen molar-refractivity contribution in [2.24, 2.45) is 0 Å². The van der Waals surface area contributed by atoms with E-state index in [2.05, 4.69) is 25.5 Å². The molecule has 0 saturated carbocycles. The lowest BCUT2D eigenvalue weighted by Gasteiger charge is -2.07. The molecule has 0 atom stereocenters. The molecule has 8 nitrogen and oxygen atoms in total. The first-order valence-corrected chi connectivity index (χ1v) is 7.17. The molecule has 4 aromatic rings. The molecular weight excluding hydrogens is 308 g/mol. The van der Waals surface area contributed by atoms with E-state index in [1.54, 1.807) is 53.6 Å². The highest BCUT2D eigenvalue weighted by atomic mass is 16.2. The Balaban J connectivity index is 1.61. The number of benzene rings is 2. The minimum atomic E-state index is -0.282. The van der Waals surface area contributed by atoms with Crippen LogP contribution in [0.1, 0.15) is 10.4 Å². The van der Waals surface area contributed by atoms with Crippen LogP contribution in [-0.4, -0.2) is 30.6 Å². The molecule has 2 aromatic carbocycles. The van der Waals surface area contributed by atoms with Crippen molar-refractivity contribution in [2.75, 3.05) is 5.32 Å². The summed E-state index contributed by atoms with van der Waals surface area (Å²) in [7, 11) is 0. The van der Waals surface area contributed by atoms with E-state index in [1.807, 2.05) is 6.07 Å². The fourth-order valence-corrected chi connectivity index (χ4v) is 2.46. The molecule has 0 unspecified atom stereocenters. The van der Waals surface area contributed by atoms with Crippen LogP contribution >= 0.6 is 0 Å². The fraction of sp³-hybridized carbons (Fsp3) is 0. The van der Waals surface area contributed by atoms with Crippen molar-refractivity contribution >= 4 is 22.6 Å². The summed E-state index contributed by atoms with van der Waals surface area (Å²) in [6.45, 7) is 0. The molecule has 24 heavy (non-hydrogen) atoms. The summed E-state index contributed by atoms with van der Waals surface area (Å²) < 4.78 is 1.72. The number of rotatable bonds is 3. The van der Waals surface area contributed by atoms with E-state index in [-0.39, 0.29) is 11.6 Å². The van der Waals surface area contributed by atoms with E-state index in [4.69, 9.17) is 0 Å². The van der Waals surface area contributed by atoms with Crippen LogP contribution in [0.25, 0.3) is 16.7 Å². The van der Waals surface area contributed by atoms with E-state index < -0.39 is 0 Å². The number of amides is 1. The predicted molar refractivity (Wildman–Crippen MR) is 88.2 cm³/mol. The Morgan fingerprint density at radius 2 is 1.79 bits per heavy atom. The maximum absolute atomic E-state index is 12.4. The van der Waals surface area contributed by atoms with E-state index in [0.717, 1.165) is 5.69 Å². The Labute approximate surface area is 135 Å². The number of H-pyrrole nitrogens is 2. The first-order valence-electron chi connectivity index (χ1n) is 7.17. The Morgan fingerprint density at radius 1 is 1.00 bits per heavy atom. The van der Waals surface area contributed by atoms with Gasteiger partial charge in [0.25, 0.3) is 5.91 Å².